The summed E-state index contributed by atoms with van der Waals surface area (Å²) < 4.78 is 39.8. The molecule has 0 amide bonds. The van der Waals surface area contributed by atoms with Crippen molar-refractivity contribution in [2.24, 2.45) is 0 Å². The van der Waals surface area contributed by atoms with E-state index in [4.69, 9.17) is 0 Å². The molecule has 3 aromatic rings. The van der Waals surface area contributed by atoms with Crippen LogP contribution in [-0.4, -0.2) is 25.3 Å². The summed E-state index contributed by atoms with van der Waals surface area (Å²) in [6, 6.07) is 5.50. The number of aromatic hydroxyl groups is 1. The quantitative estimate of drug-likeness (QED) is 0.699. The lowest BCUT2D eigenvalue weighted by molar-refractivity contribution is -0.137. The van der Waals surface area contributed by atoms with E-state index in [9.17, 15) is 18.3 Å². The zero-order valence-corrected chi connectivity index (χ0v) is 12.9. The molecule has 0 saturated heterocycles. The number of halogens is 4. The lowest BCUT2D eigenvalue weighted by Gasteiger charge is -2.09. The lowest BCUT2D eigenvalue weighted by Crippen LogP contribution is -2.07. The van der Waals surface area contributed by atoms with Crippen LogP contribution in [-0.2, 0) is 6.18 Å². The van der Waals surface area contributed by atoms with Gasteiger partial charge < -0.3 is 5.11 Å². The Labute approximate surface area is 136 Å². The van der Waals surface area contributed by atoms with Crippen LogP contribution in [0.25, 0.3) is 22.8 Å². The number of H-pyrrole nitrogens is 1. The summed E-state index contributed by atoms with van der Waals surface area (Å²) in [5.41, 5.74) is -0.802. The van der Waals surface area contributed by atoms with Crippen molar-refractivity contribution in [3.05, 3.63) is 46.7 Å². The smallest absolute Gasteiger partial charge is 0.417 e. The predicted octanol–water partition coefficient (Wildman–Crippen LogP) is 4.02. The molecule has 2 heterocycles. The van der Waals surface area contributed by atoms with Gasteiger partial charge in [-0.1, -0.05) is 15.9 Å². The summed E-state index contributed by atoms with van der Waals surface area (Å²) >= 11 is 3.25. The molecule has 0 saturated carbocycles. The highest BCUT2D eigenvalue weighted by atomic mass is 79.9. The van der Waals surface area contributed by atoms with Crippen LogP contribution in [0.3, 0.4) is 0 Å². The number of aromatic amines is 1. The van der Waals surface area contributed by atoms with Crippen LogP contribution >= 0.6 is 15.9 Å². The van der Waals surface area contributed by atoms with Gasteiger partial charge in [0, 0.05) is 16.9 Å². The first kappa shape index (κ1) is 15.5. The molecule has 9 heteroatoms. The number of nitrogens with one attached hydrogen (secondary N) is 1. The van der Waals surface area contributed by atoms with Crippen LogP contribution in [0.5, 0.6) is 5.75 Å². The number of aromatic nitrogens is 4. The number of alkyl halides is 3. The fourth-order valence-corrected chi connectivity index (χ4v) is 2.38. The Balaban J connectivity index is 2.09. The highest BCUT2D eigenvalue weighted by Gasteiger charge is 2.34. The van der Waals surface area contributed by atoms with Gasteiger partial charge in [-0.3, -0.25) is 10.1 Å². The Bertz CT molecular complexity index is 863. The second kappa shape index (κ2) is 5.65. The van der Waals surface area contributed by atoms with Gasteiger partial charge in [-0.05, 0) is 24.3 Å². The molecule has 0 fully saturated rings. The molecule has 0 aliphatic rings. The van der Waals surface area contributed by atoms with Gasteiger partial charge in [0.25, 0.3) is 0 Å². The van der Waals surface area contributed by atoms with Crippen LogP contribution in [0, 0.1) is 0 Å². The Kier molecular flexibility index (Phi) is 3.80. The molecule has 0 aliphatic carbocycles. The van der Waals surface area contributed by atoms with E-state index in [-0.39, 0.29) is 23.0 Å². The normalized spacial score (nSPS) is 11.7. The molecule has 0 aliphatic heterocycles. The van der Waals surface area contributed by atoms with Crippen LogP contribution in [0.1, 0.15) is 5.56 Å². The maximum Gasteiger partial charge on any atom is 0.417 e. The first-order chi connectivity index (χ1) is 10.9. The Morgan fingerprint density at radius 3 is 2.65 bits per heavy atom. The molecule has 23 heavy (non-hydrogen) atoms. The van der Waals surface area contributed by atoms with E-state index in [1.165, 1.54) is 6.07 Å². The number of phenolic OH excluding ortho intramolecular Hbond substituents is 1. The SMILES string of the molecule is Oc1ccc(Br)cc1-c1nc(-c2cnccc2C(F)(F)F)n[nH]1. The van der Waals surface area contributed by atoms with Gasteiger partial charge in [-0.25, -0.2) is 4.98 Å². The average molecular weight is 385 g/mol. The van der Waals surface area contributed by atoms with Crippen molar-refractivity contribution in [1.82, 2.24) is 20.2 Å². The standard InChI is InChI=1S/C14H8BrF3N4O/c15-7-1-2-11(23)8(5-7)12-20-13(22-21-12)9-6-19-4-3-10(9)14(16,17)18/h1-6,23H,(H,20,21,22). The van der Waals surface area contributed by atoms with E-state index in [1.54, 1.807) is 12.1 Å². The molecule has 118 valence electrons. The van der Waals surface area contributed by atoms with Crippen molar-refractivity contribution in [3.8, 4) is 28.5 Å². The van der Waals surface area contributed by atoms with Crippen LogP contribution in [0.4, 0.5) is 13.2 Å². The first-order valence-electron chi connectivity index (χ1n) is 6.29. The third-order valence-corrected chi connectivity index (χ3v) is 3.56. The van der Waals surface area contributed by atoms with E-state index in [1.807, 2.05) is 0 Å². The molecule has 3 rings (SSSR count). The monoisotopic (exact) mass is 384 g/mol. The Hall–Kier alpha value is -2.42. The second-order valence-corrected chi connectivity index (χ2v) is 5.50. The van der Waals surface area contributed by atoms with Gasteiger partial charge in [0.15, 0.2) is 11.6 Å². The number of nitrogens with zero attached hydrogens (tertiary/aromatic N) is 3. The molecular formula is C14H8BrF3N4O. The molecule has 0 atom stereocenters. The number of pyridine rings is 1. The summed E-state index contributed by atoms with van der Waals surface area (Å²) in [5, 5.41) is 16.2. The highest BCUT2D eigenvalue weighted by molar-refractivity contribution is 9.10. The van der Waals surface area contributed by atoms with Crippen LogP contribution in [0.2, 0.25) is 0 Å². The van der Waals surface area contributed by atoms with Gasteiger partial charge in [-0.2, -0.15) is 18.3 Å². The van der Waals surface area contributed by atoms with Crippen molar-refractivity contribution in [2.45, 2.75) is 6.18 Å². The summed E-state index contributed by atoms with van der Waals surface area (Å²) in [6.07, 6.45) is -2.44. The van der Waals surface area contributed by atoms with Gasteiger partial charge in [-0.15, -0.1) is 0 Å². The van der Waals surface area contributed by atoms with Gasteiger partial charge in [0.1, 0.15) is 5.75 Å². The minimum atomic E-state index is -4.54. The first-order valence-corrected chi connectivity index (χ1v) is 7.08. The summed E-state index contributed by atoms with van der Waals surface area (Å²) in [7, 11) is 0. The largest absolute Gasteiger partial charge is 0.507 e. The summed E-state index contributed by atoms with van der Waals surface area (Å²) in [4.78, 5) is 7.74. The highest BCUT2D eigenvalue weighted by Crippen LogP contribution is 2.36. The molecule has 2 aromatic heterocycles. The molecule has 0 radical (unpaired) electrons. The van der Waals surface area contributed by atoms with Crippen molar-refractivity contribution in [3.63, 3.8) is 0 Å². The fraction of sp³-hybridized carbons (Fsp3) is 0.0714. The van der Waals surface area contributed by atoms with E-state index < -0.39 is 11.7 Å². The minimum Gasteiger partial charge on any atom is -0.507 e. The van der Waals surface area contributed by atoms with Crippen LogP contribution < -0.4 is 0 Å². The van der Waals surface area contributed by atoms with Crippen molar-refractivity contribution >= 4 is 15.9 Å². The maximum atomic E-state index is 13.0. The van der Waals surface area contributed by atoms with Gasteiger partial charge in [0.05, 0.1) is 16.7 Å². The second-order valence-electron chi connectivity index (χ2n) is 4.59. The van der Waals surface area contributed by atoms with E-state index in [0.29, 0.717) is 10.0 Å². The number of phenols is 1. The third-order valence-electron chi connectivity index (χ3n) is 3.07. The van der Waals surface area contributed by atoms with Crippen molar-refractivity contribution in [1.29, 1.82) is 0 Å². The summed E-state index contributed by atoms with van der Waals surface area (Å²) in [6.45, 7) is 0. The van der Waals surface area contributed by atoms with Gasteiger partial charge >= 0.3 is 6.18 Å². The zero-order chi connectivity index (χ0) is 16.6. The molecular weight excluding hydrogens is 377 g/mol. The molecule has 2 N–H and O–H groups in total. The number of benzene rings is 1. The van der Waals surface area contributed by atoms with Crippen molar-refractivity contribution in [2.75, 3.05) is 0 Å². The number of hydrogen-bond acceptors (Lipinski definition) is 4. The molecule has 0 spiro atoms. The van der Waals surface area contributed by atoms with E-state index in [0.717, 1.165) is 18.5 Å². The zero-order valence-electron chi connectivity index (χ0n) is 11.3. The summed E-state index contributed by atoms with van der Waals surface area (Å²) in [5.74, 6) is -0.0753. The van der Waals surface area contributed by atoms with Gasteiger partial charge in [0.2, 0.25) is 0 Å². The molecule has 0 unspecified atom stereocenters. The third kappa shape index (κ3) is 3.04. The topological polar surface area (TPSA) is 74.7 Å². The molecule has 0 bridgehead atoms. The number of rotatable bonds is 2. The predicted molar refractivity (Wildman–Crippen MR) is 79.4 cm³/mol. The van der Waals surface area contributed by atoms with E-state index >= 15 is 0 Å². The number of hydrogen-bond donors (Lipinski definition) is 2. The van der Waals surface area contributed by atoms with E-state index in [2.05, 4.69) is 36.1 Å². The molecule has 1 aromatic carbocycles. The maximum absolute atomic E-state index is 13.0. The fourth-order valence-electron chi connectivity index (χ4n) is 2.02. The minimum absolute atomic E-state index is 0.0712. The Morgan fingerprint density at radius 2 is 1.91 bits per heavy atom. The average Bonchev–Trinajstić information content (AvgIpc) is 2.98. The lowest BCUT2D eigenvalue weighted by atomic mass is 10.1. The van der Waals surface area contributed by atoms with Crippen LogP contribution in [0.15, 0.2) is 41.1 Å². The Morgan fingerprint density at radius 1 is 1.13 bits per heavy atom. The van der Waals surface area contributed by atoms with Crippen molar-refractivity contribution < 1.29 is 18.3 Å². The molecule has 5 nitrogen and oxygen atoms in total.